The minimum Gasteiger partial charge on any atom is -0.221 e. The summed E-state index contributed by atoms with van der Waals surface area (Å²) in [5, 5.41) is 11.5. The van der Waals surface area contributed by atoms with Crippen molar-refractivity contribution in [1.29, 1.82) is 0 Å². The molecule has 1 aromatic carbocycles. The molecule has 0 saturated carbocycles. The molecule has 1 unspecified atom stereocenters. The number of aryl methyl sites for hydroxylation is 1. The first kappa shape index (κ1) is 11.1. The molecule has 1 atom stereocenters. The molecule has 0 spiro atoms. The highest BCUT2D eigenvalue weighted by atomic mass is 35.5. The Labute approximate surface area is 99.2 Å². The Morgan fingerprint density at radius 1 is 1.38 bits per heavy atom. The molecule has 0 radical (unpaired) electrons. The topological polar surface area (TPSA) is 43.6 Å². The Bertz CT molecular complexity index is 480. The molecule has 0 saturated heterocycles. The first-order chi connectivity index (χ1) is 7.74. The molecule has 84 valence electrons. The SMILES string of the molecule is Cc1ccccc1C(C)n1nnnc1CCl. The van der Waals surface area contributed by atoms with Gasteiger partial charge in [-0.1, -0.05) is 24.3 Å². The number of rotatable bonds is 3. The summed E-state index contributed by atoms with van der Waals surface area (Å²) in [5.74, 6) is 1.01. The van der Waals surface area contributed by atoms with Gasteiger partial charge in [0.15, 0.2) is 5.82 Å². The first-order valence-corrected chi connectivity index (χ1v) is 5.65. The molecular weight excluding hydrogens is 224 g/mol. The van der Waals surface area contributed by atoms with Crippen molar-refractivity contribution in [2.75, 3.05) is 0 Å². The molecule has 0 amide bonds. The van der Waals surface area contributed by atoms with Gasteiger partial charge in [0.25, 0.3) is 0 Å². The van der Waals surface area contributed by atoms with E-state index in [0.29, 0.717) is 11.7 Å². The van der Waals surface area contributed by atoms with Gasteiger partial charge in [-0.3, -0.25) is 0 Å². The molecule has 0 aliphatic heterocycles. The van der Waals surface area contributed by atoms with E-state index >= 15 is 0 Å². The Kier molecular flexibility index (Phi) is 3.19. The Hall–Kier alpha value is -1.42. The molecule has 0 aliphatic carbocycles. The molecule has 2 aromatic rings. The highest BCUT2D eigenvalue weighted by molar-refractivity contribution is 6.16. The van der Waals surface area contributed by atoms with E-state index in [2.05, 4.69) is 41.5 Å². The summed E-state index contributed by atoms with van der Waals surface area (Å²) in [6.07, 6.45) is 0. The van der Waals surface area contributed by atoms with Crippen LogP contribution in [0.5, 0.6) is 0 Å². The second-order valence-corrected chi connectivity index (χ2v) is 3.97. The number of benzene rings is 1. The van der Waals surface area contributed by atoms with Crippen LogP contribution in [0.2, 0.25) is 0 Å². The van der Waals surface area contributed by atoms with Gasteiger partial charge in [0.05, 0.1) is 11.9 Å². The van der Waals surface area contributed by atoms with Gasteiger partial charge < -0.3 is 0 Å². The van der Waals surface area contributed by atoms with Crippen molar-refractivity contribution in [3.05, 3.63) is 41.2 Å². The third-order valence-corrected chi connectivity index (χ3v) is 2.92. The number of aromatic nitrogens is 4. The Balaban J connectivity index is 2.39. The van der Waals surface area contributed by atoms with Crippen LogP contribution in [0.3, 0.4) is 0 Å². The fourth-order valence-corrected chi connectivity index (χ4v) is 1.96. The second-order valence-electron chi connectivity index (χ2n) is 3.71. The van der Waals surface area contributed by atoms with Crippen LogP contribution in [0.1, 0.15) is 29.9 Å². The third-order valence-electron chi connectivity index (χ3n) is 2.69. The van der Waals surface area contributed by atoms with Gasteiger partial charge in [-0.2, -0.15) is 0 Å². The minimum absolute atomic E-state index is 0.102. The molecule has 0 bridgehead atoms. The zero-order valence-corrected chi connectivity index (χ0v) is 10.0. The van der Waals surface area contributed by atoms with E-state index < -0.39 is 0 Å². The van der Waals surface area contributed by atoms with Crippen LogP contribution in [-0.4, -0.2) is 20.2 Å². The summed E-state index contributed by atoms with van der Waals surface area (Å²) >= 11 is 5.78. The summed E-state index contributed by atoms with van der Waals surface area (Å²) < 4.78 is 1.76. The molecule has 0 aliphatic rings. The van der Waals surface area contributed by atoms with E-state index in [1.54, 1.807) is 4.68 Å². The second kappa shape index (κ2) is 4.61. The van der Waals surface area contributed by atoms with Gasteiger partial charge >= 0.3 is 0 Å². The molecule has 4 nitrogen and oxygen atoms in total. The van der Waals surface area contributed by atoms with Gasteiger partial charge in [-0.25, -0.2) is 4.68 Å². The Morgan fingerprint density at radius 2 is 2.12 bits per heavy atom. The third kappa shape index (κ3) is 1.93. The van der Waals surface area contributed by atoms with Crippen LogP contribution in [0.15, 0.2) is 24.3 Å². The molecule has 5 heteroatoms. The van der Waals surface area contributed by atoms with Gasteiger partial charge in [0, 0.05) is 0 Å². The number of hydrogen-bond donors (Lipinski definition) is 0. The van der Waals surface area contributed by atoms with Crippen LogP contribution in [0.4, 0.5) is 0 Å². The summed E-state index contributed by atoms with van der Waals surface area (Å²) in [6.45, 7) is 4.14. The number of nitrogens with zero attached hydrogens (tertiary/aromatic N) is 4. The zero-order valence-electron chi connectivity index (χ0n) is 9.26. The van der Waals surface area contributed by atoms with Gasteiger partial charge in [-0.15, -0.1) is 16.7 Å². The van der Waals surface area contributed by atoms with Crippen molar-refractivity contribution in [2.24, 2.45) is 0 Å². The van der Waals surface area contributed by atoms with Crippen LogP contribution in [0.25, 0.3) is 0 Å². The van der Waals surface area contributed by atoms with Crippen molar-refractivity contribution < 1.29 is 0 Å². The molecule has 0 N–H and O–H groups in total. The van der Waals surface area contributed by atoms with Crippen molar-refractivity contribution in [3.8, 4) is 0 Å². The van der Waals surface area contributed by atoms with Crippen molar-refractivity contribution >= 4 is 11.6 Å². The summed E-state index contributed by atoms with van der Waals surface area (Å²) in [4.78, 5) is 0. The summed E-state index contributed by atoms with van der Waals surface area (Å²) in [7, 11) is 0. The van der Waals surface area contributed by atoms with Gasteiger partial charge in [0.2, 0.25) is 0 Å². The molecule has 0 fully saturated rings. The fraction of sp³-hybridized carbons (Fsp3) is 0.364. The van der Waals surface area contributed by atoms with Crippen LogP contribution in [-0.2, 0) is 5.88 Å². The largest absolute Gasteiger partial charge is 0.221 e. The quantitative estimate of drug-likeness (QED) is 0.769. The van der Waals surface area contributed by atoms with Gasteiger partial charge in [0.1, 0.15) is 0 Å². The van der Waals surface area contributed by atoms with E-state index in [9.17, 15) is 0 Å². The molecule has 1 heterocycles. The number of alkyl halides is 1. The van der Waals surface area contributed by atoms with Gasteiger partial charge in [-0.05, 0) is 35.4 Å². The first-order valence-electron chi connectivity index (χ1n) is 5.12. The lowest BCUT2D eigenvalue weighted by Crippen LogP contribution is -2.12. The lowest BCUT2D eigenvalue weighted by atomic mass is 10.0. The van der Waals surface area contributed by atoms with E-state index in [1.165, 1.54) is 11.1 Å². The minimum atomic E-state index is 0.102. The van der Waals surface area contributed by atoms with E-state index in [4.69, 9.17) is 11.6 Å². The highest BCUT2D eigenvalue weighted by Crippen LogP contribution is 2.21. The van der Waals surface area contributed by atoms with Crippen LogP contribution < -0.4 is 0 Å². The number of hydrogen-bond acceptors (Lipinski definition) is 3. The fourth-order valence-electron chi connectivity index (χ4n) is 1.79. The predicted octanol–water partition coefficient (Wildman–Crippen LogP) is 2.33. The van der Waals surface area contributed by atoms with Crippen molar-refractivity contribution in [2.45, 2.75) is 25.8 Å². The monoisotopic (exact) mass is 236 g/mol. The molecule has 16 heavy (non-hydrogen) atoms. The average Bonchev–Trinajstić information content (AvgIpc) is 2.77. The maximum atomic E-state index is 5.78. The lowest BCUT2D eigenvalue weighted by Gasteiger charge is -2.15. The smallest absolute Gasteiger partial charge is 0.166 e. The summed E-state index contributed by atoms with van der Waals surface area (Å²) in [6, 6.07) is 8.30. The molecular formula is C11H13ClN4. The summed E-state index contributed by atoms with van der Waals surface area (Å²) in [5.41, 5.74) is 2.44. The van der Waals surface area contributed by atoms with E-state index in [1.807, 2.05) is 12.1 Å². The molecule has 1 aromatic heterocycles. The number of halogens is 1. The van der Waals surface area contributed by atoms with Crippen molar-refractivity contribution in [3.63, 3.8) is 0 Å². The zero-order chi connectivity index (χ0) is 11.5. The van der Waals surface area contributed by atoms with Crippen LogP contribution in [0, 0.1) is 6.92 Å². The maximum Gasteiger partial charge on any atom is 0.166 e. The highest BCUT2D eigenvalue weighted by Gasteiger charge is 2.15. The van der Waals surface area contributed by atoms with Crippen molar-refractivity contribution in [1.82, 2.24) is 20.2 Å². The van der Waals surface area contributed by atoms with E-state index in [-0.39, 0.29) is 6.04 Å². The van der Waals surface area contributed by atoms with Crippen LogP contribution >= 0.6 is 11.6 Å². The number of tetrazole rings is 1. The normalized spacial score (nSPS) is 12.7. The maximum absolute atomic E-state index is 5.78. The predicted molar refractivity (Wildman–Crippen MR) is 62.4 cm³/mol. The molecule has 2 rings (SSSR count). The van der Waals surface area contributed by atoms with E-state index in [0.717, 1.165) is 0 Å². The standard InChI is InChI=1S/C11H13ClN4/c1-8-5-3-4-6-10(8)9(2)16-11(7-12)13-14-15-16/h3-6,9H,7H2,1-2H3. The Morgan fingerprint density at radius 3 is 2.81 bits per heavy atom. The lowest BCUT2D eigenvalue weighted by molar-refractivity contribution is 0.527. The average molecular weight is 237 g/mol.